The molecule has 0 bridgehead atoms. The predicted octanol–water partition coefficient (Wildman–Crippen LogP) is 3.61. The van der Waals surface area contributed by atoms with Crippen LogP contribution in [0, 0.1) is 5.41 Å². The van der Waals surface area contributed by atoms with Crippen LogP contribution in [0.4, 0.5) is 0 Å². The Hall–Kier alpha value is 0. The summed E-state index contributed by atoms with van der Waals surface area (Å²) in [5, 5.41) is 0. The van der Waals surface area contributed by atoms with E-state index in [1.54, 1.807) is 0 Å². The van der Waals surface area contributed by atoms with E-state index in [0.29, 0.717) is 0 Å². The first-order chi connectivity index (χ1) is 4.18. The minimum absolute atomic E-state index is 0.792. The van der Waals surface area contributed by atoms with Gasteiger partial charge in [0, 0.05) is 0 Å². The molecule has 0 aliphatic heterocycles. The lowest BCUT2D eigenvalue weighted by Gasteiger charge is -1.96. The molecule has 9 heavy (non-hydrogen) atoms. The van der Waals surface area contributed by atoms with Gasteiger partial charge in [0.25, 0.3) is 0 Å². The fourth-order valence-corrected chi connectivity index (χ4v) is 0.567. The van der Waals surface area contributed by atoms with E-state index in [1.807, 2.05) is 0 Å². The van der Waals surface area contributed by atoms with Crippen LogP contribution in [0.15, 0.2) is 0 Å². The van der Waals surface area contributed by atoms with Gasteiger partial charge < -0.3 is 0 Å². The van der Waals surface area contributed by atoms with Gasteiger partial charge in [0.1, 0.15) is 0 Å². The Labute approximate surface area is 59.7 Å². The van der Waals surface area contributed by atoms with Crippen LogP contribution in [-0.4, -0.2) is 0 Å². The van der Waals surface area contributed by atoms with Crippen LogP contribution in [0.2, 0.25) is 0 Å². The summed E-state index contributed by atoms with van der Waals surface area (Å²) in [6.45, 7) is 8.88. The lowest BCUT2D eigenvalue weighted by Crippen LogP contribution is -1.84. The third-order valence-corrected chi connectivity index (χ3v) is 1.96. The van der Waals surface area contributed by atoms with Crippen molar-refractivity contribution in [2.75, 3.05) is 0 Å². The normalized spacial score (nSPS) is 20.0. The second-order valence-electron chi connectivity index (χ2n) is 3.37. The van der Waals surface area contributed by atoms with Gasteiger partial charge in [-0.1, -0.05) is 40.5 Å². The van der Waals surface area contributed by atoms with E-state index in [9.17, 15) is 0 Å². The van der Waals surface area contributed by atoms with Gasteiger partial charge >= 0.3 is 0 Å². The van der Waals surface area contributed by atoms with Gasteiger partial charge in [-0.2, -0.15) is 0 Å². The molecule has 0 aromatic heterocycles. The van der Waals surface area contributed by atoms with Crippen LogP contribution in [-0.2, 0) is 0 Å². The minimum atomic E-state index is 0.792. The number of hydrogen-bond acceptors (Lipinski definition) is 0. The zero-order valence-corrected chi connectivity index (χ0v) is 7.33. The van der Waals surface area contributed by atoms with Gasteiger partial charge in [0.15, 0.2) is 0 Å². The summed E-state index contributed by atoms with van der Waals surface area (Å²) in [7, 11) is 0. The molecular formula is C9H20. The summed E-state index contributed by atoms with van der Waals surface area (Å²) in [6, 6.07) is 0. The van der Waals surface area contributed by atoms with Crippen molar-refractivity contribution in [1.82, 2.24) is 0 Å². The monoisotopic (exact) mass is 128 g/mol. The third kappa shape index (κ3) is 4.50. The van der Waals surface area contributed by atoms with E-state index in [2.05, 4.69) is 27.7 Å². The van der Waals surface area contributed by atoms with Crippen molar-refractivity contribution in [1.29, 1.82) is 0 Å². The van der Waals surface area contributed by atoms with Crippen molar-refractivity contribution in [3.05, 3.63) is 0 Å². The molecule has 0 aromatic rings. The van der Waals surface area contributed by atoms with Crippen LogP contribution in [0.25, 0.3) is 0 Å². The molecule has 0 atom stereocenters. The fourth-order valence-electron chi connectivity index (χ4n) is 0.567. The van der Waals surface area contributed by atoms with Gasteiger partial charge in [-0.15, -0.1) is 0 Å². The van der Waals surface area contributed by atoms with Crippen LogP contribution in [0.5, 0.6) is 0 Å². The molecule has 0 heterocycles. The first-order valence-electron chi connectivity index (χ1n) is 4.18. The Bertz CT molecular complexity index is 60.4. The Morgan fingerprint density at radius 2 is 1.44 bits per heavy atom. The fraction of sp³-hybridized carbons (Fsp3) is 1.00. The largest absolute Gasteiger partial charge is 0.0656 e. The van der Waals surface area contributed by atoms with Crippen molar-refractivity contribution >= 4 is 0 Å². The zero-order chi connectivity index (χ0) is 7.33. The highest BCUT2D eigenvalue weighted by Gasteiger charge is 2.34. The lowest BCUT2D eigenvalue weighted by molar-refractivity contribution is 0.551. The van der Waals surface area contributed by atoms with Crippen LogP contribution >= 0.6 is 0 Å². The van der Waals surface area contributed by atoms with Crippen LogP contribution in [0.1, 0.15) is 53.4 Å². The second-order valence-corrected chi connectivity index (χ2v) is 3.37. The summed E-state index contributed by atoms with van der Waals surface area (Å²) in [5.41, 5.74) is 0.792. The molecule has 1 saturated carbocycles. The Morgan fingerprint density at radius 1 is 1.11 bits per heavy atom. The Kier molecular flexibility index (Phi) is 3.92. The SMILES string of the molecule is CCC.CCC1(C)CC1. The van der Waals surface area contributed by atoms with Crippen molar-refractivity contribution in [2.24, 2.45) is 5.41 Å². The average molecular weight is 128 g/mol. The highest BCUT2D eigenvalue weighted by atomic mass is 14.4. The number of hydrogen-bond donors (Lipinski definition) is 0. The molecule has 0 unspecified atom stereocenters. The van der Waals surface area contributed by atoms with E-state index in [-0.39, 0.29) is 0 Å². The average Bonchev–Trinajstić information content (AvgIpc) is 2.52. The maximum atomic E-state index is 2.35. The molecular weight excluding hydrogens is 108 g/mol. The van der Waals surface area contributed by atoms with Gasteiger partial charge in [0.05, 0.1) is 0 Å². The zero-order valence-electron chi connectivity index (χ0n) is 7.33. The topological polar surface area (TPSA) is 0 Å². The molecule has 0 heteroatoms. The van der Waals surface area contributed by atoms with E-state index in [4.69, 9.17) is 0 Å². The van der Waals surface area contributed by atoms with E-state index in [0.717, 1.165) is 5.41 Å². The van der Waals surface area contributed by atoms with Gasteiger partial charge in [0.2, 0.25) is 0 Å². The molecule has 1 rings (SSSR count). The standard InChI is InChI=1S/C6H12.C3H8/c1-3-6(2)4-5-6;1-3-2/h3-5H2,1-2H3;3H2,1-2H3. The second kappa shape index (κ2) is 3.92. The summed E-state index contributed by atoms with van der Waals surface area (Å²) in [4.78, 5) is 0. The first kappa shape index (κ1) is 9.00. The molecule has 0 spiro atoms. The minimum Gasteiger partial charge on any atom is -0.0656 e. The van der Waals surface area contributed by atoms with E-state index >= 15 is 0 Å². The smallest absolute Gasteiger partial charge is 0.0328 e. The Morgan fingerprint density at radius 3 is 1.44 bits per heavy atom. The summed E-state index contributed by atoms with van der Waals surface area (Å²) < 4.78 is 0. The lowest BCUT2D eigenvalue weighted by atomic mass is 10.1. The molecule has 0 amide bonds. The van der Waals surface area contributed by atoms with Crippen molar-refractivity contribution < 1.29 is 0 Å². The Balaban J connectivity index is 0.000000187. The van der Waals surface area contributed by atoms with Crippen molar-refractivity contribution in [3.8, 4) is 0 Å². The van der Waals surface area contributed by atoms with Crippen molar-refractivity contribution in [3.63, 3.8) is 0 Å². The van der Waals surface area contributed by atoms with Gasteiger partial charge in [-0.25, -0.2) is 0 Å². The molecule has 56 valence electrons. The van der Waals surface area contributed by atoms with Crippen LogP contribution in [0.3, 0.4) is 0 Å². The highest BCUT2D eigenvalue weighted by Crippen LogP contribution is 2.47. The molecule has 1 aliphatic carbocycles. The summed E-state index contributed by atoms with van der Waals surface area (Å²) in [5.74, 6) is 0. The molecule has 0 nitrogen and oxygen atoms in total. The maximum absolute atomic E-state index is 2.35. The van der Waals surface area contributed by atoms with E-state index in [1.165, 1.54) is 25.7 Å². The highest BCUT2D eigenvalue weighted by molar-refractivity contribution is 4.86. The quantitative estimate of drug-likeness (QED) is 0.506. The molecule has 1 aliphatic rings. The van der Waals surface area contributed by atoms with Gasteiger partial charge in [-0.05, 0) is 18.3 Å². The molecule has 1 fully saturated rings. The van der Waals surface area contributed by atoms with E-state index < -0.39 is 0 Å². The third-order valence-electron chi connectivity index (χ3n) is 1.96. The molecule has 0 radical (unpaired) electrons. The van der Waals surface area contributed by atoms with Gasteiger partial charge in [-0.3, -0.25) is 0 Å². The summed E-state index contributed by atoms with van der Waals surface area (Å²) in [6.07, 6.45) is 5.58. The molecule has 0 N–H and O–H groups in total. The van der Waals surface area contributed by atoms with Crippen LogP contribution < -0.4 is 0 Å². The predicted molar refractivity (Wildman–Crippen MR) is 43.6 cm³/mol. The first-order valence-corrected chi connectivity index (χ1v) is 4.18. The van der Waals surface area contributed by atoms with Crippen molar-refractivity contribution in [2.45, 2.75) is 53.4 Å². The molecule has 0 aromatic carbocycles. The number of rotatable bonds is 1. The molecule has 0 saturated heterocycles. The maximum Gasteiger partial charge on any atom is -0.0328 e. The summed E-state index contributed by atoms with van der Waals surface area (Å²) >= 11 is 0.